The van der Waals surface area contributed by atoms with Crippen molar-refractivity contribution in [1.29, 1.82) is 15.8 Å². The maximum Gasteiger partial charge on any atom is 0.142 e. The lowest BCUT2D eigenvalue weighted by Crippen LogP contribution is -2.09. The van der Waals surface area contributed by atoms with Gasteiger partial charge in [-0.3, -0.25) is 0 Å². The molecule has 0 spiro atoms. The Morgan fingerprint density at radius 1 is 0.756 bits per heavy atom. The van der Waals surface area contributed by atoms with Crippen molar-refractivity contribution in [2.75, 3.05) is 0 Å². The van der Waals surface area contributed by atoms with Gasteiger partial charge in [0.1, 0.15) is 22.7 Å². The summed E-state index contributed by atoms with van der Waals surface area (Å²) < 4.78 is 12.8. The molecular formula is C40H25N3O2. The normalized spacial score (nSPS) is 16.9. The average molecular weight is 580 g/mol. The Morgan fingerprint density at radius 2 is 1.56 bits per heavy atom. The zero-order chi connectivity index (χ0) is 30.5. The number of nitrogens with zero attached hydrogens (tertiary/aromatic N) is 3. The highest BCUT2D eigenvalue weighted by Crippen LogP contribution is 2.44. The molecule has 3 aliphatic rings. The molecule has 2 aromatic heterocycles. The number of benzene rings is 3. The highest BCUT2D eigenvalue weighted by atomic mass is 16.3. The fourth-order valence-corrected chi connectivity index (χ4v) is 6.99. The van der Waals surface area contributed by atoms with Gasteiger partial charge in [-0.05, 0) is 89.6 Å². The minimum Gasteiger partial charge on any atom is -0.456 e. The summed E-state index contributed by atoms with van der Waals surface area (Å²) in [6, 6.07) is 25.5. The van der Waals surface area contributed by atoms with Crippen LogP contribution in [-0.2, 0) is 12.8 Å². The van der Waals surface area contributed by atoms with Crippen molar-refractivity contribution in [3.8, 4) is 40.5 Å². The summed E-state index contributed by atoms with van der Waals surface area (Å²) in [6.07, 6.45) is 16.9. The van der Waals surface area contributed by atoms with Gasteiger partial charge in [0.2, 0.25) is 0 Å². The second-order valence-electron chi connectivity index (χ2n) is 11.6. The molecule has 3 aromatic carbocycles. The zero-order valence-electron chi connectivity index (χ0n) is 24.3. The van der Waals surface area contributed by atoms with Crippen molar-refractivity contribution < 1.29 is 8.83 Å². The molecule has 0 saturated heterocycles. The third kappa shape index (κ3) is 4.28. The predicted molar refractivity (Wildman–Crippen MR) is 176 cm³/mol. The Hall–Kier alpha value is -6.09. The van der Waals surface area contributed by atoms with Gasteiger partial charge in [0, 0.05) is 39.5 Å². The summed E-state index contributed by atoms with van der Waals surface area (Å²) in [6.45, 7) is 0. The molecule has 212 valence electrons. The lowest BCUT2D eigenvalue weighted by Gasteiger charge is -2.21. The number of aryl methyl sites for hydroxylation is 1. The number of allylic oxidation sites excluding steroid dienone is 8. The molecule has 0 saturated carbocycles. The first-order chi connectivity index (χ1) is 22.2. The number of hydrogen-bond acceptors (Lipinski definition) is 5. The fraction of sp³-hybridized carbons (Fsp3) is 0.125. The van der Waals surface area contributed by atoms with Gasteiger partial charge in [-0.2, -0.15) is 15.8 Å². The van der Waals surface area contributed by atoms with E-state index in [0.717, 1.165) is 86.1 Å². The van der Waals surface area contributed by atoms with Gasteiger partial charge in [-0.1, -0.05) is 54.6 Å². The lowest BCUT2D eigenvalue weighted by atomic mass is 9.79. The van der Waals surface area contributed by atoms with Crippen molar-refractivity contribution in [2.24, 2.45) is 5.92 Å². The van der Waals surface area contributed by atoms with Crippen LogP contribution in [0.1, 0.15) is 41.1 Å². The second-order valence-corrected chi connectivity index (χ2v) is 11.6. The quantitative estimate of drug-likeness (QED) is 0.212. The Bertz CT molecular complexity index is 2370. The Kier molecular flexibility index (Phi) is 6.23. The molecule has 0 radical (unpaired) electrons. The van der Waals surface area contributed by atoms with Crippen LogP contribution in [0.25, 0.3) is 61.9 Å². The van der Waals surface area contributed by atoms with Gasteiger partial charge in [0.15, 0.2) is 0 Å². The van der Waals surface area contributed by atoms with Crippen molar-refractivity contribution in [1.82, 2.24) is 0 Å². The maximum atomic E-state index is 10.2. The molecule has 0 amide bonds. The smallest absolute Gasteiger partial charge is 0.142 e. The number of hydrogen-bond donors (Lipinski definition) is 0. The van der Waals surface area contributed by atoms with E-state index in [1.54, 1.807) is 6.08 Å². The third-order valence-corrected chi connectivity index (χ3v) is 9.01. The number of para-hydroxylation sites is 1. The average Bonchev–Trinajstić information content (AvgIpc) is 3.56. The minimum atomic E-state index is -0.627. The summed E-state index contributed by atoms with van der Waals surface area (Å²) >= 11 is 0. The van der Waals surface area contributed by atoms with Crippen molar-refractivity contribution >= 4 is 39.7 Å². The predicted octanol–water partition coefficient (Wildman–Crippen LogP) is 9.87. The van der Waals surface area contributed by atoms with E-state index in [2.05, 4.69) is 78.9 Å². The van der Waals surface area contributed by atoms with Gasteiger partial charge in [-0.15, -0.1) is 0 Å². The summed E-state index contributed by atoms with van der Waals surface area (Å²) in [5.74, 6) is 1.11. The molecule has 2 heterocycles. The first-order valence-corrected chi connectivity index (χ1v) is 15.1. The fourth-order valence-electron chi connectivity index (χ4n) is 6.99. The van der Waals surface area contributed by atoms with E-state index in [4.69, 9.17) is 8.83 Å². The molecule has 0 bridgehead atoms. The number of rotatable bonds is 3. The molecular weight excluding hydrogens is 554 g/mol. The third-order valence-electron chi connectivity index (χ3n) is 9.01. The molecule has 5 nitrogen and oxygen atoms in total. The van der Waals surface area contributed by atoms with Gasteiger partial charge < -0.3 is 8.83 Å². The summed E-state index contributed by atoms with van der Waals surface area (Å²) in [5.41, 5.74) is 10.0. The van der Waals surface area contributed by atoms with Crippen LogP contribution >= 0.6 is 0 Å². The molecule has 0 fully saturated rings. The van der Waals surface area contributed by atoms with Crippen molar-refractivity contribution in [3.63, 3.8) is 0 Å². The highest BCUT2D eigenvalue weighted by Gasteiger charge is 2.27. The summed E-state index contributed by atoms with van der Waals surface area (Å²) in [5, 5.41) is 32.2. The zero-order valence-corrected chi connectivity index (χ0v) is 24.3. The monoisotopic (exact) mass is 579 g/mol. The highest BCUT2D eigenvalue weighted by molar-refractivity contribution is 6.02. The van der Waals surface area contributed by atoms with Crippen molar-refractivity contribution in [2.45, 2.75) is 25.7 Å². The molecule has 3 aliphatic carbocycles. The lowest BCUT2D eigenvalue weighted by molar-refractivity contribution is 0.595. The number of nitriles is 3. The van der Waals surface area contributed by atoms with Crippen LogP contribution in [0.2, 0.25) is 0 Å². The van der Waals surface area contributed by atoms with Gasteiger partial charge in [-0.25, -0.2) is 0 Å². The first kappa shape index (κ1) is 26.5. The molecule has 8 rings (SSSR count). The van der Waals surface area contributed by atoms with Gasteiger partial charge in [0.25, 0.3) is 0 Å². The Labute approximate surface area is 260 Å². The van der Waals surface area contributed by atoms with E-state index in [-0.39, 0.29) is 6.42 Å². The van der Waals surface area contributed by atoms with Gasteiger partial charge >= 0.3 is 0 Å². The molecule has 45 heavy (non-hydrogen) atoms. The first-order valence-electron chi connectivity index (χ1n) is 15.1. The minimum absolute atomic E-state index is 0.268. The molecule has 1 atom stereocenters. The topological polar surface area (TPSA) is 97.7 Å². The summed E-state index contributed by atoms with van der Waals surface area (Å²) in [7, 11) is 0. The van der Waals surface area contributed by atoms with Crippen LogP contribution in [0.3, 0.4) is 0 Å². The van der Waals surface area contributed by atoms with Crippen LogP contribution in [0.15, 0.2) is 105 Å². The van der Waals surface area contributed by atoms with Crippen LogP contribution < -0.4 is 0 Å². The molecule has 5 heteroatoms. The molecule has 1 unspecified atom stereocenters. The largest absolute Gasteiger partial charge is 0.456 e. The Morgan fingerprint density at radius 3 is 2.40 bits per heavy atom. The van der Waals surface area contributed by atoms with Crippen LogP contribution in [0, 0.1) is 39.9 Å². The molecule has 0 N–H and O–H groups in total. The van der Waals surface area contributed by atoms with E-state index < -0.39 is 5.92 Å². The van der Waals surface area contributed by atoms with E-state index in [0.29, 0.717) is 16.7 Å². The number of furan rings is 2. The standard InChI is InChI=1S/C40H25N3O2/c41-21-24-16-28(22-42)38(29(17-24)23-43)27-19-25(30-10-7-15-37-39(30)34-9-4-5-14-36(34)44-37)18-26(20-27)31-11-6-12-33-32-8-2-1-3-13-35(32)45-40(31)33/h1-3,5-7,10-16,18-20,29H,4,8-9,17H2. The van der Waals surface area contributed by atoms with Crippen LogP contribution in [-0.4, -0.2) is 0 Å². The van der Waals surface area contributed by atoms with Crippen LogP contribution in [0.5, 0.6) is 0 Å². The van der Waals surface area contributed by atoms with Crippen molar-refractivity contribution in [3.05, 3.63) is 124 Å². The Balaban J connectivity index is 1.43. The van der Waals surface area contributed by atoms with E-state index in [1.165, 1.54) is 5.56 Å². The van der Waals surface area contributed by atoms with E-state index >= 15 is 0 Å². The summed E-state index contributed by atoms with van der Waals surface area (Å²) in [4.78, 5) is 0. The van der Waals surface area contributed by atoms with Gasteiger partial charge in [0.05, 0.1) is 29.7 Å². The molecule has 5 aromatic rings. The second kappa shape index (κ2) is 10.6. The molecule has 0 aliphatic heterocycles. The van der Waals surface area contributed by atoms with E-state index in [1.807, 2.05) is 30.4 Å². The van der Waals surface area contributed by atoms with Crippen LogP contribution in [0.4, 0.5) is 0 Å². The maximum absolute atomic E-state index is 10.2. The number of fused-ring (bicyclic) bond motifs is 6. The SMILES string of the molecule is N#CC1=CC(C#N)=C(c2cc(-c3cccc4c5c(oc34)C=CC=CC5)cc(-c3cccc4oc5c(c34)CCC=C5)c2)C(C#N)C1. The van der Waals surface area contributed by atoms with E-state index in [9.17, 15) is 15.8 Å².